The molecule has 19 heavy (non-hydrogen) atoms. The van der Waals surface area contributed by atoms with Crippen LogP contribution < -0.4 is 10.5 Å². The van der Waals surface area contributed by atoms with Gasteiger partial charge in [-0.05, 0) is 26.0 Å². The highest BCUT2D eigenvalue weighted by molar-refractivity contribution is 5.97. The number of aromatic nitrogens is 1. The third kappa shape index (κ3) is 4.75. The van der Waals surface area contributed by atoms with Crippen molar-refractivity contribution in [3.05, 3.63) is 23.9 Å². The average molecular weight is 287 g/mol. The molecule has 0 aromatic carbocycles. The number of carbonyl (C=O) groups is 1. The van der Waals surface area contributed by atoms with Gasteiger partial charge in [-0.1, -0.05) is 0 Å². The average Bonchev–Trinajstić information content (AvgIpc) is 2.38. The Balaban J connectivity index is 0.00000324. The zero-order valence-corrected chi connectivity index (χ0v) is 11.9. The van der Waals surface area contributed by atoms with Gasteiger partial charge in [0.15, 0.2) is 6.61 Å². The van der Waals surface area contributed by atoms with Crippen LogP contribution in [0.15, 0.2) is 18.3 Å². The first-order valence-electron chi connectivity index (χ1n) is 5.80. The number of ether oxygens (including phenoxy) is 1. The fourth-order valence-electron chi connectivity index (χ4n) is 1.51. The van der Waals surface area contributed by atoms with Gasteiger partial charge in [0, 0.05) is 19.3 Å². The van der Waals surface area contributed by atoms with E-state index in [1.54, 1.807) is 17.0 Å². The maximum Gasteiger partial charge on any atom is 0.260 e. The maximum atomic E-state index is 11.7. The summed E-state index contributed by atoms with van der Waals surface area (Å²) < 4.78 is 5.32. The van der Waals surface area contributed by atoms with Gasteiger partial charge in [-0.25, -0.2) is 4.98 Å². The summed E-state index contributed by atoms with van der Waals surface area (Å²) in [5.41, 5.74) is 5.79. The second-order valence-electron chi connectivity index (χ2n) is 3.62. The van der Waals surface area contributed by atoms with E-state index in [0.29, 0.717) is 18.7 Å². The van der Waals surface area contributed by atoms with Crippen molar-refractivity contribution >= 4 is 24.1 Å². The Bertz CT molecular complexity index is 435. The molecule has 0 saturated heterocycles. The first-order chi connectivity index (χ1) is 8.60. The largest absolute Gasteiger partial charge is 0.467 e. The number of rotatable bonds is 6. The molecule has 0 atom stereocenters. The van der Waals surface area contributed by atoms with Gasteiger partial charge >= 0.3 is 0 Å². The summed E-state index contributed by atoms with van der Waals surface area (Å²) in [5, 5.41) is 7.38. The Morgan fingerprint density at radius 2 is 2.11 bits per heavy atom. The summed E-state index contributed by atoms with van der Waals surface area (Å²) in [6.45, 7) is 4.99. The van der Waals surface area contributed by atoms with Gasteiger partial charge in [0.25, 0.3) is 5.91 Å². The lowest BCUT2D eigenvalue weighted by Gasteiger charge is -2.18. The number of nitrogens with two attached hydrogens (primary N) is 1. The van der Waals surface area contributed by atoms with Crippen molar-refractivity contribution in [1.82, 2.24) is 9.88 Å². The Kier molecular flexibility index (Phi) is 7.52. The first-order valence-corrected chi connectivity index (χ1v) is 5.80. The topological polar surface area (TPSA) is 92.3 Å². The molecule has 0 radical (unpaired) electrons. The summed E-state index contributed by atoms with van der Waals surface area (Å²) in [6.07, 6.45) is 1.53. The van der Waals surface area contributed by atoms with E-state index in [2.05, 4.69) is 4.98 Å². The number of pyridine rings is 1. The molecular weight excluding hydrogens is 268 g/mol. The normalized spacial score (nSPS) is 9.37. The molecule has 1 aromatic rings. The molecular formula is C12H19ClN4O2. The molecule has 0 spiro atoms. The van der Waals surface area contributed by atoms with Crippen molar-refractivity contribution < 1.29 is 9.53 Å². The monoisotopic (exact) mass is 286 g/mol. The third-order valence-electron chi connectivity index (χ3n) is 2.51. The van der Waals surface area contributed by atoms with Crippen LogP contribution in [-0.2, 0) is 4.79 Å². The number of halogens is 1. The molecule has 1 rings (SSSR count). The van der Waals surface area contributed by atoms with Gasteiger partial charge in [-0.2, -0.15) is 0 Å². The third-order valence-corrected chi connectivity index (χ3v) is 2.51. The number of nitrogen functional groups attached to an aromatic ring is 1. The van der Waals surface area contributed by atoms with Crippen LogP contribution in [0.1, 0.15) is 19.4 Å². The smallest absolute Gasteiger partial charge is 0.260 e. The number of hydrogen-bond donors (Lipinski definition) is 2. The zero-order valence-electron chi connectivity index (χ0n) is 11.0. The van der Waals surface area contributed by atoms with Crippen LogP contribution in [0, 0.1) is 5.41 Å². The van der Waals surface area contributed by atoms with Gasteiger partial charge in [-0.3, -0.25) is 10.2 Å². The maximum absolute atomic E-state index is 11.7. The Hall–Kier alpha value is -1.82. The molecule has 0 aliphatic heterocycles. The predicted molar refractivity (Wildman–Crippen MR) is 75.9 cm³/mol. The van der Waals surface area contributed by atoms with Gasteiger partial charge in [-0.15, -0.1) is 12.4 Å². The lowest BCUT2D eigenvalue weighted by molar-refractivity contribution is -0.133. The number of likely N-dealkylation sites (N-methyl/N-ethyl adjacent to an activating group) is 1. The highest BCUT2D eigenvalue weighted by Gasteiger charge is 2.13. The van der Waals surface area contributed by atoms with Crippen molar-refractivity contribution in [3.8, 4) is 5.88 Å². The van der Waals surface area contributed by atoms with Crippen LogP contribution in [0.3, 0.4) is 0 Å². The van der Waals surface area contributed by atoms with Crippen molar-refractivity contribution in [1.29, 1.82) is 5.41 Å². The molecule has 1 aromatic heterocycles. The van der Waals surface area contributed by atoms with Crippen molar-refractivity contribution in [3.63, 3.8) is 0 Å². The van der Waals surface area contributed by atoms with Crippen molar-refractivity contribution in [2.45, 2.75) is 13.8 Å². The zero-order chi connectivity index (χ0) is 13.5. The summed E-state index contributed by atoms with van der Waals surface area (Å²) >= 11 is 0. The van der Waals surface area contributed by atoms with E-state index in [0.717, 1.165) is 0 Å². The SMILES string of the molecule is CCN(CC)C(=O)COc1ncccc1C(=N)N.Cl. The molecule has 0 bridgehead atoms. The fourth-order valence-corrected chi connectivity index (χ4v) is 1.51. The minimum absolute atomic E-state index is 0. The summed E-state index contributed by atoms with van der Waals surface area (Å²) in [7, 11) is 0. The van der Waals surface area contributed by atoms with Crippen molar-refractivity contribution in [2.75, 3.05) is 19.7 Å². The summed E-state index contributed by atoms with van der Waals surface area (Å²) in [5.74, 6) is -0.0287. The second kappa shape index (κ2) is 8.31. The second-order valence-corrected chi connectivity index (χ2v) is 3.62. The van der Waals surface area contributed by atoms with Crippen LogP contribution in [0.4, 0.5) is 0 Å². The number of carbonyl (C=O) groups excluding carboxylic acids is 1. The molecule has 0 fully saturated rings. The molecule has 1 heterocycles. The molecule has 1 amide bonds. The number of hydrogen-bond acceptors (Lipinski definition) is 4. The minimum Gasteiger partial charge on any atom is -0.467 e. The molecule has 0 unspecified atom stereocenters. The van der Waals surface area contributed by atoms with Crippen LogP contribution in [0.5, 0.6) is 5.88 Å². The van der Waals surface area contributed by atoms with Gasteiger partial charge in [0.1, 0.15) is 5.84 Å². The predicted octanol–water partition coefficient (Wildman–Crippen LogP) is 1.03. The number of amides is 1. The number of nitrogens with zero attached hydrogens (tertiary/aromatic N) is 2. The van der Waals surface area contributed by atoms with Crippen LogP contribution >= 0.6 is 12.4 Å². The molecule has 0 aliphatic carbocycles. The van der Waals surface area contributed by atoms with E-state index >= 15 is 0 Å². The molecule has 7 heteroatoms. The van der Waals surface area contributed by atoms with Gasteiger partial charge < -0.3 is 15.4 Å². The number of amidine groups is 1. The van der Waals surface area contributed by atoms with E-state index in [9.17, 15) is 4.79 Å². The van der Waals surface area contributed by atoms with Crippen LogP contribution in [-0.4, -0.2) is 41.3 Å². The molecule has 0 aliphatic rings. The lowest BCUT2D eigenvalue weighted by Crippen LogP contribution is -2.34. The molecule has 3 N–H and O–H groups in total. The Morgan fingerprint density at radius 1 is 1.47 bits per heavy atom. The fraction of sp³-hybridized carbons (Fsp3) is 0.417. The van der Waals surface area contributed by atoms with Gasteiger partial charge in [0.2, 0.25) is 5.88 Å². The van der Waals surface area contributed by atoms with E-state index in [1.807, 2.05) is 13.8 Å². The van der Waals surface area contributed by atoms with E-state index < -0.39 is 0 Å². The van der Waals surface area contributed by atoms with E-state index in [4.69, 9.17) is 15.9 Å². The summed E-state index contributed by atoms with van der Waals surface area (Å²) in [4.78, 5) is 17.4. The van der Waals surface area contributed by atoms with Crippen LogP contribution in [0.2, 0.25) is 0 Å². The van der Waals surface area contributed by atoms with Crippen LogP contribution in [0.25, 0.3) is 0 Å². The molecule has 0 saturated carbocycles. The highest BCUT2D eigenvalue weighted by Crippen LogP contribution is 2.13. The minimum atomic E-state index is -0.131. The van der Waals surface area contributed by atoms with Crippen molar-refractivity contribution in [2.24, 2.45) is 5.73 Å². The Labute approximate surface area is 118 Å². The number of nitrogens with one attached hydrogen (secondary N) is 1. The van der Waals surface area contributed by atoms with Gasteiger partial charge in [0.05, 0.1) is 5.56 Å². The first kappa shape index (κ1) is 17.2. The van der Waals surface area contributed by atoms with E-state index in [-0.39, 0.29) is 36.6 Å². The lowest BCUT2D eigenvalue weighted by atomic mass is 10.2. The molecule has 6 nitrogen and oxygen atoms in total. The quantitative estimate of drug-likeness (QED) is 0.603. The standard InChI is InChI=1S/C12H18N4O2.ClH/c1-3-16(4-2)10(17)8-18-12-9(11(13)14)6-5-7-15-12;/h5-7H,3-4,8H2,1-2H3,(H3,13,14);1H. The summed E-state index contributed by atoms with van der Waals surface area (Å²) in [6, 6.07) is 3.29. The Morgan fingerprint density at radius 3 is 2.63 bits per heavy atom. The highest BCUT2D eigenvalue weighted by atomic mass is 35.5. The molecule has 106 valence electrons. The van der Waals surface area contributed by atoms with E-state index in [1.165, 1.54) is 6.20 Å².